The Morgan fingerprint density at radius 2 is 1.75 bits per heavy atom. The van der Waals surface area contributed by atoms with Crippen molar-refractivity contribution in [1.82, 2.24) is 15.1 Å². The summed E-state index contributed by atoms with van der Waals surface area (Å²) in [6, 6.07) is 10.5. The van der Waals surface area contributed by atoms with Gasteiger partial charge in [0.1, 0.15) is 0 Å². The molecule has 2 fully saturated rings. The first-order valence-corrected chi connectivity index (χ1v) is 10.6. The summed E-state index contributed by atoms with van der Waals surface area (Å²) >= 11 is 0. The second kappa shape index (κ2) is 8.29. The molecule has 3 heterocycles. The molecule has 2 aliphatic rings. The molecular weight excluding hydrogens is 348 g/mol. The number of benzene rings is 1. The molecule has 1 amide bonds. The minimum atomic E-state index is 0.0908. The average Bonchev–Trinajstić information content (AvgIpc) is 2.76. The molecule has 1 atom stereocenters. The SMILES string of the molecule is Cc1ccc(-c2ccc(N3CCC[C@H](C(=O)N4CCCCC4)C3)nn2)cc1C. The molecular formula is C23H30N4O. The van der Waals surface area contributed by atoms with Gasteiger partial charge in [0, 0.05) is 31.7 Å². The Morgan fingerprint density at radius 1 is 0.929 bits per heavy atom. The van der Waals surface area contributed by atoms with Gasteiger partial charge in [-0.2, -0.15) is 0 Å². The van der Waals surface area contributed by atoms with E-state index in [1.807, 2.05) is 12.1 Å². The molecule has 0 aliphatic carbocycles. The second-order valence-corrected chi connectivity index (χ2v) is 8.25. The lowest BCUT2D eigenvalue weighted by atomic mass is 9.95. The zero-order chi connectivity index (χ0) is 19.5. The molecule has 4 rings (SSSR count). The van der Waals surface area contributed by atoms with Crippen molar-refractivity contribution in [2.75, 3.05) is 31.1 Å². The van der Waals surface area contributed by atoms with Crippen LogP contribution in [0.1, 0.15) is 43.2 Å². The lowest BCUT2D eigenvalue weighted by Crippen LogP contribution is -2.46. The van der Waals surface area contributed by atoms with E-state index >= 15 is 0 Å². The molecule has 5 heteroatoms. The number of anilines is 1. The van der Waals surface area contributed by atoms with Crippen molar-refractivity contribution >= 4 is 11.7 Å². The zero-order valence-electron chi connectivity index (χ0n) is 17.0. The highest BCUT2D eigenvalue weighted by molar-refractivity contribution is 5.79. The van der Waals surface area contributed by atoms with Crippen LogP contribution in [0, 0.1) is 19.8 Å². The molecule has 0 unspecified atom stereocenters. The normalized spacial score (nSPS) is 20.3. The summed E-state index contributed by atoms with van der Waals surface area (Å²) in [6.45, 7) is 7.80. The van der Waals surface area contributed by atoms with Gasteiger partial charge in [0.15, 0.2) is 5.82 Å². The van der Waals surface area contributed by atoms with Gasteiger partial charge in [0.25, 0.3) is 0 Å². The summed E-state index contributed by atoms with van der Waals surface area (Å²) < 4.78 is 0. The Balaban J connectivity index is 1.44. The second-order valence-electron chi connectivity index (χ2n) is 8.25. The van der Waals surface area contributed by atoms with E-state index in [0.717, 1.165) is 68.9 Å². The van der Waals surface area contributed by atoms with Gasteiger partial charge >= 0.3 is 0 Å². The third-order valence-corrected chi connectivity index (χ3v) is 6.22. The largest absolute Gasteiger partial charge is 0.354 e. The number of likely N-dealkylation sites (tertiary alicyclic amines) is 1. The molecule has 0 bridgehead atoms. The Kier molecular flexibility index (Phi) is 5.60. The van der Waals surface area contributed by atoms with Gasteiger partial charge in [-0.3, -0.25) is 4.79 Å². The van der Waals surface area contributed by atoms with Crippen molar-refractivity contribution in [3.05, 3.63) is 41.5 Å². The fraction of sp³-hybridized carbons (Fsp3) is 0.522. The highest BCUT2D eigenvalue weighted by atomic mass is 16.2. The molecule has 1 aromatic heterocycles. The van der Waals surface area contributed by atoms with E-state index in [1.54, 1.807) is 0 Å². The van der Waals surface area contributed by atoms with Crippen LogP contribution >= 0.6 is 0 Å². The average molecular weight is 379 g/mol. The van der Waals surface area contributed by atoms with E-state index in [9.17, 15) is 4.79 Å². The quantitative estimate of drug-likeness (QED) is 0.810. The van der Waals surface area contributed by atoms with E-state index in [2.05, 4.69) is 52.0 Å². The maximum absolute atomic E-state index is 12.9. The zero-order valence-corrected chi connectivity index (χ0v) is 17.0. The number of aryl methyl sites for hydroxylation is 2. The van der Waals surface area contributed by atoms with Crippen molar-refractivity contribution < 1.29 is 4.79 Å². The maximum atomic E-state index is 12.9. The molecule has 0 spiro atoms. The van der Waals surface area contributed by atoms with Gasteiger partial charge in [-0.05, 0) is 75.3 Å². The Labute approximate surface area is 167 Å². The van der Waals surface area contributed by atoms with Crippen LogP contribution in [0.15, 0.2) is 30.3 Å². The first-order chi connectivity index (χ1) is 13.6. The van der Waals surface area contributed by atoms with Crippen LogP contribution in [0.5, 0.6) is 0 Å². The number of rotatable bonds is 3. The van der Waals surface area contributed by atoms with E-state index in [4.69, 9.17) is 0 Å². The minimum absolute atomic E-state index is 0.0908. The number of hydrogen-bond donors (Lipinski definition) is 0. The molecule has 5 nitrogen and oxygen atoms in total. The van der Waals surface area contributed by atoms with Crippen molar-refractivity contribution in [1.29, 1.82) is 0 Å². The molecule has 2 aliphatic heterocycles. The Bertz CT molecular complexity index is 827. The summed E-state index contributed by atoms with van der Waals surface area (Å²) in [5.74, 6) is 1.31. The standard InChI is InChI=1S/C23H30N4O/c1-17-8-9-19(15-18(17)2)21-10-11-22(25-24-21)27-14-6-7-20(16-27)23(28)26-12-4-3-5-13-26/h8-11,15,20H,3-7,12-14,16H2,1-2H3/t20-/m0/s1. The molecule has 2 aromatic rings. The monoisotopic (exact) mass is 378 g/mol. The van der Waals surface area contributed by atoms with Crippen LogP contribution in [0.4, 0.5) is 5.82 Å². The van der Waals surface area contributed by atoms with Crippen LogP contribution in [0.2, 0.25) is 0 Å². The van der Waals surface area contributed by atoms with Gasteiger partial charge in [-0.25, -0.2) is 0 Å². The van der Waals surface area contributed by atoms with Crippen molar-refractivity contribution in [2.24, 2.45) is 5.92 Å². The van der Waals surface area contributed by atoms with Gasteiger partial charge in [-0.1, -0.05) is 12.1 Å². The molecule has 0 N–H and O–H groups in total. The highest BCUT2D eigenvalue weighted by Gasteiger charge is 2.30. The van der Waals surface area contributed by atoms with Crippen molar-refractivity contribution in [3.63, 3.8) is 0 Å². The number of carbonyl (C=O) groups is 1. The number of hydrogen-bond acceptors (Lipinski definition) is 4. The fourth-order valence-electron chi connectivity index (χ4n) is 4.31. The third kappa shape index (κ3) is 4.03. The lowest BCUT2D eigenvalue weighted by molar-refractivity contribution is -0.136. The molecule has 1 aromatic carbocycles. The van der Waals surface area contributed by atoms with Crippen molar-refractivity contribution in [3.8, 4) is 11.3 Å². The summed E-state index contributed by atoms with van der Waals surface area (Å²) in [6.07, 6.45) is 5.56. The van der Waals surface area contributed by atoms with Crippen LogP contribution in [0.3, 0.4) is 0 Å². The number of aromatic nitrogens is 2. The summed E-state index contributed by atoms with van der Waals surface area (Å²) in [5, 5.41) is 8.96. The summed E-state index contributed by atoms with van der Waals surface area (Å²) in [7, 11) is 0. The van der Waals surface area contributed by atoms with Gasteiger partial charge < -0.3 is 9.80 Å². The summed E-state index contributed by atoms with van der Waals surface area (Å²) in [4.78, 5) is 17.2. The maximum Gasteiger partial charge on any atom is 0.227 e. The molecule has 148 valence electrons. The number of piperidine rings is 2. The fourth-order valence-corrected chi connectivity index (χ4v) is 4.31. The van der Waals surface area contributed by atoms with E-state index in [-0.39, 0.29) is 5.92 Å². The first kappa shape index (κ1) is 18.9. The highest BCUT2D eigenvalue weighted by Crippen LogP contribution is 2.26. The van der Waals surface area contributed by atoms with Crippen molar-refractivity contribution in [2.45, 2.75) is 46.0 Å². The first-order valence-electron chi connectivity index (χ1n) is 10.6. The van der Waals surface area contributed by atoms with Crippen LogP contribution < -0.4 is 4.90 Å². The predicted molar refractivity (Wildman–Crippen MR) is 112 cm³/mol. The van der Waals surface area contributed by atoms with Crippen LogP contribution in [0.25, 0.3) is 11.3 Å². The molecule has 28 heavy (non-hydrogen) atoms. The predicted octanol–water partition coefficient (Wildman–Crippen LogP) is 3.99. The van der Waals surface area contributed by atoms with Gasteiger partial charge in [0.05, 0.1) is 11.6 Å². The lowest BCUT2D eigenvalue weighted by Gasteiger charge is -2.36. The summed E-state index contributed by atoms with van der Waals surface area (Å²) in [5.41, 5.74) is 4.54. The number of nitrogens with zero attached hydrogens (tertiary/aromatic N) is 4. The number of amides is 1. The van der Waals surface area contributed by atoms with E-state index in [1.165, 1.54) is 17.5 Å². The Hall–Kier alpha value is -2.43. The molecule has 2 saturated heterocycles. The van der Waals surface area contributed by atoms with Gasteiger partial charge in [0.2, 0.25) is 5.91 Å². The van der Waals surface area contributed by atoms with Gasteiger partial charge in [-0.15, -0.1) is 10.2 Å². The smallest absolute Gasteiger partial charge is 0.227 e. The van der Waals surface area contributed by atoms with E-state index < -0.39 is 0 Å². The molecule has 0 saturated carbocycles. The van der Waals surface area contributed by atoms with Crippen LogP contribution in [-0.2, 0) is 4.79 Å². The molecule has 0 radical (unpaired) electrons. The minimum Gasteiger partial charge on any atom is -0.354 e. The third-order valence-electron chi connectivity index (χ3n) is 6.22. The number of carbonyl (C=O) groups excluding carboxylic acids is 1. The van der Waals surface area contributed by atoms with Crippen LogP contribution in [-0.4, -0.2) is 47.2 Å². The topological polar surface area (TPSA) is 49.3 Å². The van der Waals surface area contributed by atoms with E-state index in [0.29, 0.717) is 5.91 Å². The Morgan fingerprint density at radius 3 is 2.46 bits per heavy atom.